The maximum atomic E-state index is 13.5. The van der Waals surface area contributed by atoms with E-state index in [1.165, 1.54) is 31.7 Å². The average molecular weight is 299 g/mol. The van der Waals surface area contributed by atoms with Gasteiger partial charge < -0.3 is 10.6 Å². The first kappa shape index (κ1) is 15.4. The monoisotopic (exact) mass is 298 g/mol. The van der Waals surface area contributed by atoms with Crippen LogP contribution in [0.5, 0.6) is 0 Å². The van der Waals surface area contributed by atoms with Crippen LogP contribution in [0, 0.1) is 11.7 Å². The van der Waals surface area contributed by atoms with Crippen LogP contribution < -0.4 is 10.6 Å². The summed E-state index contributed by atoms with van der Waals surface area (Å²) in [6.07, 6.45) is 6.00. The lowest BCUT2D eigenvalue weighted by atomic mass is 10.1. The van der Waals surface area contributed by atoms with Crippen molar-refractivity contribution >= 4 is 23.0 Å². The summed E-state index contributed by atoms with van der Waals surface area (Å²) in [5, 5.41) is 0.154. The van der Waals surface area contributed by atoms with Crippen molar-refractivity contribution in [3.05, 3.63) is 23.0 Å². The number of halogens is 2. The topological polar surface area (TPSA) is 29.3 Å². The zero-order chi connectivity index (χ0) is 14.7. The van der Waals surface area contributed by atoms with Gasteiger partial charge >= 0.3 is 0 Å². The minimum atomic E-state index is -0.442. The fourth-order valence-corrected chi connectivity index (χ4v) is 3.07. The third kappa shape index (κ3) is 3.57. The lowest BCUT2D eigenvalue weighted by Crippen LogP contribution is -2.35. The molecule has 2 nitrogen and oxygen atoms in total. The fourth-order valence-electron chi connectivity index (χ4n) is 2.91. The molecule has 1 fully saturated rings. The summed E-state index contributed by atoms with van der Waals surface area (Å²) in [5.74, 6) is 0.194. The van der Waals surface area contributed by atoms with Crippen molar-refractivity contribution in [3.8, 4) is 0 Å². The number of nitrogen functional groups attached to an aromatic ring is 1. The van der Waals surface area contributed by atoms with Gasteiger partial charge in [0.25, 0.3) is 0 Å². The van der Waals surface area contributed by atoms with E-state index in [-0.39, 0.29) is 5.02 Å². The van der Waals surface area contributed by atoms with Crippen LogP contribution in [0.15, 0.2) is 12.1 Å². The molecule has 0 aliphatic heterocycles. The van der Waals surface area contributed by atoms with Crippen LogP contribution in [-0.4, -0.2) is 12.6 Å². The minimum absolute atomic E-state index is 0.154. The van der Waals surface area contributed by atoms with E-state index >= 15 is 0 Å². The highest BCUT2D eigenvalue weighted by Crippen LogP contribution is 2.35. The third-order valence-corrected chi connectivity index (χ3v) is 4.38. The van der Waals surface area contributed by atoms with Gasteiger partial charge in [0.15, 0.2) is 0 Å². The summed E-state index contributed by atoms with van der Waals surface area (Å²) >= 11 is 5.94. The van der Waals surface area contributed by atoms with E-state index in [4.69, 9.17) is 17.3 Å². The van der Waals surface area contributed by atoms with Crippen LogP contribution in [0.25, 0.3) is 0 Å². The average Bonchev–Trinajstić information content (AvgIpc) is 2.89. The van der Waals surface area contributed by atoms with Crippen molar-refractivity contribution in [2.75, 3.05) is 17.2 Å². The van der Waals surface area contributed by atoms with Crippen LogP contribution in [0.1, 0.15) is 46.0 Å². The summed E-state index contributed by atoms with van der Waals surface area (Å²) in [4.78, 5) is 2.34. The molecule has 1 saturated carbocycles. The van der Waals surface area contributed by atoms with Gasteiger partial charge in [-0.1, -0.05) is 38.3 Å². The Hall–Kier alpha value is -0.960. The molecule has 2 N–H and O–H groups in total. The van der Waals surface area contributed by atoms with Gasteiger partial charge in [0, 0.05) is 18.7 Å². The molecule has 0 bridgehead atoms. The largest absolute Gasteiger partial charge is 0.397 e. The van der Waals surface area contributed by atoms with Crippen LogP contribution in [-0.2, 0) is 0 Å². The zero-order valence-corrected chi connectivity index (χ0v) is 13.1. The van der Waals surface area contributed by atoms with Gasteiger partial charge in [-0.05, 0) is 31.2 Å². The Balaban J connectivity index is 2.27. The smallest absolute Gasteiger partial charge is 0.143 e. The molecule has 0 amide bonds. The van der Waals surface area contributed by atoms with E-state index in [9.17, 15) is 4.39 Å². The lowest BCUT2D eigenvalue weighted by Gasteiger charge is -2.33. The van der Waals surface area contributed by atoms with Gasteiger partial charge in [0.05, 0.1) is 16.4 Å². The highest BCUT2D eigenvalue weighted by atomic mass is 35.5. The first-order valence-electron chi connectivity index (χ1n) is 7.50. The van der Waals surface area contributed by atoms with Crippen molar-refractivity contribution in [3.63, 3.8) is 0 Å². The maximum absolute atomic E-state index is 13.5. The SMILES string of the molecule is CC(C)CCN(c1cc(Cl)c(F)cc1N)C1CCCC1. The number of nitrogens with zero attached hydrogens (tertiary/aromatic N) is 1. The molecular formula is C16H24ClFN2. The Morgan fingerprint density at radius 2 is 2.00 bits per heavy atom. The molecule has 1 aromatic carbocycles. The Labute approximate surface area is 126 Å². The summed E-state index contributed by atoms with van der Waals surface area (Å²) in [6, 6.07) is 3.54. The zero-order valence-electron chi connectivity index (χ0n) is 12.3. The molecule has 0 aromatic heterocycles. The summed E-state index contributed by atoms with van der Waals surface area (Å²) in [5.41, 5.74) is 7.41. The van der Waals surface area contributed by atoms with Crippen molar-refractivity contribution in [1.82, 2.24) is 0 Å². The third-order valence-electron chi connectivity index (χ3n) is 4.09. The first-order valence-corrected chi connectivity index (χ1v) is 7.88. The van der Waals surface area contributed by atoms with E-state index in [0.717, 1.165) is 18.7 Å². The number of nitrogens with two attached hydrogens (primary N) is 1. The van der Waals surface area contributed by atoms with Gasteiger partial charge in [0.2, 0.25) is 0 Å². The first-order chi connectivity index (χ1) is 9.49. The maximum Gasteiger partial charge on any atom is 0.143 e. The molecule has 112 valence electrons. The second-order valence-corrected chi connectivity index (χ2v) is 6.55. The van der Waals surface area contributed by atoms with Crippen LogP contribution in [0.2, 0.25) is 5.02 Å². The molecule has 0 spiro atoms. The molecule has 0 saturated heterocycles. The van der Waals surface area contributed by atoms with Crippen molar-refractivity contribution in [2.45, 2.75) is 52.0 Å². The van der Waals surface area contributed by atoms with E-state index < -0.39 is 5.82 Å². The van der Waals surface area contributed by atoms with Gasteiger partial charge in [-0.25, -0.2) is 4.39 Å². The summed E-state index contributed by atoms with van der Waals surface area (Å²) in [6.45, 7) is 5.39. The van der Waals surface area contributed by atoms with Gasteiger partial charge in [-0.3, -0.25) is 0 Å². The predicted octanol–water partition coefficient (Wildman–Crippen LogP) is 4.86. The van der Waals surface area contributed by atoms with Gasteiger partial charge in [-0.15, -0.1) is 0 Å². The molecular weight excluding hydrogens is 275 g/mol. The fraction of sp³-hybridized carbons (Fsp3) is 0.625. The second-order valence-electron chi connectivity index (χ2n) is 6.14. The molecule has 2 rings (SSSR count). The molecule has 0 heterocycles. The summed E-state index contributed by atoms with van der Waals surface area (Å²) in [7, 11) is 0. The van der Waals surface area contributed by atoms with E-state index in [0.29, 0.717) is 17.6 Å². The predicted molar refractivity (Wildman–Crippen MR) is 84.9 cm³/mol. The number of hydrogen-bond donors (Lipinski definition) is 1. The highest BCUT2D eigenvalue weighted by molar-refractivity contribution is 6.31. The highest BCUT2D eigenvalue weighted by Gasteiger charge is 2.25. The minimum Gasteiger partial charge on any atom is -0.397 e. The quantitative estimate of drug-likeness (QED) is 0.787. The Morgan fingerprint density at radius 1 is 1.35 bits per heavy atom. The van der Waals surface area contributed by atoms with E-state index in [1.54, 1.807) is 6.07 Å². The molecule has 0 atom stereocenters. The molecule has 0 radical (unpaired) electrons. The van der Waals surface area contributed by atoms with E-state index in [1.807, 2.05) is 0 Å². The van der Waals surface area contributed by atoms with Crippen molar-refractivity contribution < 1.29 is 4.39 Å². The van der Waals surface area contributed by atoms with Crippen molar-refractivity contribution in [1.29, 1.82) is 0 Å². The Bertz CT molecular complexity index is 456. The lowest BCUT2D eigenvalue weighted by molar-refractivity contribution is 0.528. The molecule has 4 heteroatoms. The Morgan fingerprint density at radius 3 is 2.60 bits per heavy atom. The number of anilines is 2. The van der Waals surface area contributed by atoms with Gasteiger partial charge in [-0.2, -0.15) is 0 Å². The number of rotatable bonds is 5. The van der Waals surface area contributed by atoms with Crippen LogP contribution >= 0.6 is 11.6 Å². The van der Waals surface area contributed by atoms with E-state index in [2.05, 4.69) is 18.7 Å². The number of benzene rings is 1. The molecule has 1 aliphatic carbocycles. The van der Waals surface area contributed by atoms with Crippen LogP contribution in [0.4, 0.5) is 15.8 Å². The van der Waals surface area contributed by atoms with Crippen molar-refractivity contribution in [2.24, 2.45) is 5.92 Å². The van der Waals surface area contributed by atoms with Gasteiger partial charge in [0.1, 0.15) is 5.82 Å². The number of hydrogen-bond acceptors (Lipinski definition) is 2. The molecule has 1 aromatic rings. The standard InChI is InChI=1S/C16H24ClFN2/c1-11(2)7-8-20(12-5-3-4-6-12)16-9-13(17)14(18)10-15(16)19/h9-12H,3-8,19H2,1-2H3. The molecule has 0 unspecified atom stereocenters. The normalized spacial score (nSPS) is 16.1. The Kier molecular flexibility index (Phi) is 5.14. The second kappa shape index (κ2) is 6.66. The summed E-state index contributed by atoms with van der Waals surface area (Å²) < 4.78 is 13.5. The molecule has 20 heavy (non-hydrogen) atoms. The van der Waals surface area contributed by atoms with Crippen LogP contribution in [0.3, 0.4) is 0 Å². The molecule has 1 aliphatic rings.